The highest BCUT2D eigenvalue weighted by atomic mass is 35.5. The standard InChI is InChI=1S/C9H4Cl2O/c10-8-4-3-7(2-1-5-12)6-9(8)11/h3-6H. The summed E-state index contributed by atoms with van der Waals surface area (Å²) >= 11 is 11.4. The lowest BCUT2D eigenvalue weighted by atomic mass is 10.2. The van der Waals surface area contributed by atoms with E-state index in [0.29, 0.717) is 21.9 Å². The number of carbonyl (C=O) groups is 1. The third-order valence-corrected chi connectivity index (χ3v) is 1.93. The highest BCUT2D eigenvalue weighted by Crippen LogP contribution is 2.21. The maximum atomic E-state index is 9.90. The van der Waals surface area contributed by atoms with Crippen LogP contribution in [0.4, 0.5) is 0 Å². The van der Waals surface area contributed by atoms with Gasteiger partial charge in [0.15, 0.2) is 6.29 Å². The SMILES string of the molecule is O=CC#Cc1ccc(Cl)c(Cl)c1. The van der Waals surface area contributed by atoms with Crippen LogP contribution in [0, 0.1) is 11.8 Å². The van der Waals surface area contributed by atoms with Crippen LogP contribution in [-0.4, -0.2) is 6.29 Å². The van der Waals surface area contributed by atoms with Crippen molar-refractivity contribution in [3.8, 4) is 11.8 Å². The normalized spacial score (nSPS) is 8.50. The molecule has 0 heterocycles. The molecule has 12 heavy (non-hydrogen) atoms. The van der Waals surface area contributed by atoms with E-state index in [1.807, 2.05) is 0 Å². The van der Waals surface area contributed by atoms with Crippen LogP contribution in [0.25, 0.3) is 0 Å². The summed E-state index contributed by atoms with van der Waals surface area (Å²) < 4.78 is 0. The van der Waals surface area contributed by atoms with Gasteiger partial charge in [0.2, 0.25) is 0 Å². The summed E-state index contributed by atoms with van der Waals surface area (Å²) in [6.45, 7) is 0. The first-order chi connectivity index (χ1) is 5.74. The van der Waals surface area contributed by atoms with Crippen LogP contribution in [0.15, 0.2) is 18.2 Å². The number of benzene rings is 1. The summed E-state index contributed by atoms with van der Waals surface area (Å²) in [5.41, 5.74) is 0.677. The molecule has 0 saturated carbocycles. The molecule has 0 unspecified atom stereocenters. The Bertz CT molecular complexity index is 361. The van der Waals surface area contributed by atoms with E-state index in [4.69, 9.17) is 23.2 Å². The lowest BCUT2D eigenvalue weighted by Crippen LogP contribution is -1.75. The Labute approximate surface area is 80.3 Å². The molecule has 3 heteroatoms. The van der Waals surface area contributed by atoms with E-state index >= 15 is 0 Å². The molecule has 1 aromatic carbocycles. The van der Waals surface area contributed by atoms with Crippen molar-refractivity contribution in [3.63, 3.8) is 0 Å². The van der Waals surface area contributed by atoms with Crippen LogP contribution in [0.3, 0.4) is 0 Å². The van der Waals surface area contributed by atoms with E-state index in [1.54, 1.807) is 18.2 Å². The fraction of sp³-hybridized carbons (Fsp3) is 0. The summed E-state index contributed by atoms with van der Waals surface area (Å²) in [7, 11) is 0. The van der Waals surface area contributed by atoms with Crippen molar-refractivity contribution < 1.29 is 4.79 Å². The average molecular weight is 199 g/mol. The summed E-state index contributed by atoms with van der Waals surface area (Å²) in [4.78, 5) is 9.90. The molecule has 0 aromatic heterocycles. The van der Waals surface area contributed by atoms with Crippen molar-refractivity contribution in [1.82, 2.24) is 0 Å². The molecule has 0 spiro atoms. The Morgan fingerprint density at radius 2 is 2.00 bits per heavy atom. The second-order valence-corrected chi connectivity index (χ2v) is 2.83. The van der Waals surface area contributed by atoms with Crippen LogP contribution in [0.5, 0.6) is 0 Å². The molecule has 0 atom stereocenters. The van der Waals surface area contributed by atoms with Crippen molar-refractivity contribution >= 4 is 29.5 Å². The lowest BCUT2D eigenvalue weighted by Gasteiger charge is -1.94. The number of halogens is 2. The molecule has 0 aliphatic carbocycles. The molecule has 0 amide bonds. The van der Waals surface area contributed by atoms with Crippen LogP contribution in [0.1, 0.15) is 5.56 Å². The molecule has 1 aromatic rings. The second kappa shape index (κ2) is 4.15. The van der Waals surface area contributed by atoms with Crippen molar-refractivity contribution in [3.05, 3.63) is 33.8 Å². The van der Waals surface area contributed by atoms with Gasteiger partial charge >= 0.3 is 0 Å². The summed E-state index contributed by atoms with van der Waals surface area (Å²) in [5.74, 6) is 4.88. The van der Waals surface area contributed by atoms with Crippen LogP contribution in [-0.2, 0) is 4.79 Å². The highest BCUT2D eigenvalue weighted by molar-refractivity contribution is 6.42. The molecule has 0 radical (unpaired) electrons. The molecule has 0 saturated heterocycles. The molecule has 0 N–H and O–H groups in total. The van der Waals surface area contributed by atoms with Gasteiger partial charge < -0.3 is 0 Å². The minimum atomic E-state index is 0.439. The van der Waals surface area contributed by atoms with E-state index in [-0.39, 0.29) is 0 Å². The molecule has 0 fully saturated rings. The number of hydrogen-bond donors (Lipinski definition) is 0. The largest absolute Gasteiger partial charge is 0.289 e. The molecule has 60 valence electrons. The number of aldehydes is 1. The molecule has 0 aliphatic heterocycles. The van der Waals surface area contributed by atoms with Crippen LogP contribution >= 0.6 is 23.2 Å². The van der Waals surface area contributed by atoms with E-state index in [1.165, 1.54) is 0 Å². The summed E-state index contributed by atoms with van der Waals surface area (Å²) in [5, 5.41) is 0.919. The molecule has 0 aliphatic rings. The van der Waals surface area contributed by atoms with Gasteiger partial charge in [0.25, 0.3) is 0 Å². The van der Waals surface area contributed by atoms with E-state index in [2.05, 4.69) is 11.8 Å². The van der Waals surface area contributed by atoms with Crippen LogP contribution in [0.2, 0.25) is 10.0 Å². The van der Waals surface area contributed by atoms with Gasteiger partial charge in [-0.15, -0.1) is 0 Å². The van der Waals surface area contributed by atoms with Gasteiger partial charge in [0.05, 0.1) is 10.0 Å². The summed E-state index contributed by atoms with van der Waals surface area (Å²) in [6.07, 6.45) is 0.530. The Morgan fingerprint density at radius 3 is 2.58 bits per heavy atom. The van der Waals surface area contributed by atoms with Gasteiger partial charge in [0, 0.05) is 5.56 Å². The Kier molecular flexibility index (Phi) is 3.16. The number of rotatable bonds is 0. The van der Waals surface area contributed by atoms with Crippen molar-refractivity contribution in [2.75, 3.05) is 0 Å². The Hall–Kier alpha value is -0.970. The maximum absolute atomic E-state index is 9.90. The molecular formula is C9H4Cl2O. The van der Waals surface area contributed by atoms with E-state index in [9.17, 15) is 4.79 Å². The predicted molar refractivity (Wildman–Crippen MR) is 49.4 cm³/mol. The predicted octanol–water partition coefficient (Wildman–Crippen LogP) is 2.54. The monoisotopic (exact) mass is 198 g/mol. The molecular weight excluding hydrogens is 195 g/mol. The van der Waals surface area contributed by atoms with Crippen LogP contribution < -0.4 is 0 Å². The van der Waals surface area contributed by atoms with Gasteiger partial charge in [-0.3, -0.25) is 4.79 Å². The van der Waals surface area contributed by atoms with Gasteiger partial charge in [0.1, 0.15) is 0 Å². The number of hydrogen-bond acceptors (Lipinski definition) is 1. The molecule has 1 rings (SSSR count). The first-order valence-electron chi connectivity index (χ1n) is 3.14. The topological polar surface area (TPSA) is 17.1 Å². The lowest BCUT2D eigenvalue weighted by molar-refractivity contribution is -0.103. The van der Waals surface area contributed by atoms with Gasteiger partial charge in [-0.1, -0.05) is 29.1 Å². The highest BCUT2D eigenvalue weighted by Gasteiger charge is 1.95. The van der Waals surface area contributed by atoms with Crippen molar-refractivity contribution in [1.29, 1.82) is 0 Å². The van der Waals surface area contributed by atoms with Crippen molar-refractivity contribution in [2.45, 2.75) is 0 Å². The average Bonchev–Trinajstić information content (AvgIpc) is 2.07. The Morgan fingerprint density at radius 1 is 1.25 bits per heavy atom. The third kappa shape index (κ3) is 2.27. The Balaban J connectivity index is 3.04. The first-order valence-corrected chi connectivity index (χ1v) is 3.90. The number of carbonyl (C=O) groups excluding carboxylic acids is 1. The molecule has 0 bridgehead atoms. The quantitative estimate of drug-likeness (QED) is 0.463. The van der Waals surface area contributed by atoms with E-state index < -0.39 is 0 Å². The fourth-order valence-electron chi connectivity index (χ4n) is 0.687. The third-order valence-electron chi connectivity index (χ3n) is 1.20. The maximum Gasteiger partial charge on any atom is 0.193 e. The minimum Gasteiger partial charge on any atom is -0.289 e. The van der Waals surface area contributed by atoms with E-state index in [0.717, 1.165) is 0 Å². The minimum absolute atomic E-state index is 0.439. The summed E-state index contributed by atoms with van der Waals surface area (Å²) in [6, 6.07) is 4.95. The zero-order valence-electron chi connectivity index (χ0n) is 5.97. The second-order valence-electron chi connectivity index (χ2n) is 2.02. The van der Waals surface area contributed by atoms with Crippen molar-refractivity contribution in [2.24, 2.45) is 0 Å². The smallest absolute Gasteiger partial charge is 0.193 e. The molecule has 1 nitrogen and oxygen atoms in total. The van der Waals surface area contributed by atoms with Gasteiger partial charge in [-0.25, -0.2) is 0 Å². The van der Waals surface area contributed by atoms with Gasteiger partial charge in [-0.2, -0.15) is 0 Å². The zero-order valence-corrected chi connectivity index (χ0v) is 7.49. The fourth-order valence-corrected chi connectivity index (χ4v) is 0.985. The zero-order chi connectivity index (χ0) is 8.97. The van der Waals surface area contributed by atoms with Gasteiger partial charge in [-0.05, 0) is 24.1 Å². The first kappa shape index (κ1) is 9.12.